The van der Waals surface area contributed by atoms with Gasteiger partial charge in [0.2, 0.25) is 0 Å². The van der Waals surface area contributed by atoms with Crippen LogP contribution in [0, 0.1) is 29.6 Å². The minimum absolute atomic E-state index is 0.220. The van der Waals surface area contributed by atoms with Crippen LogP contribution in [0.4, 0.5) is 0 Å². The molecular formula is C22H34O2. The third kappa shape index (κ3) is 2.70. The van der Waals surface area contributed by atoms with Gasteiger partial charge in [-0.15, -0.1) is 0 Å². The molecule has 2 heteroatoms. The Balaban J connectivity index is 1.65. The van der Waals surface area contributed by atoms with Crippen molar-refractivity contribution >= 4 is 0 Å². The van der Waals surface area contributed by atoms with Gasteiger partial charge in [-0.05, 0) is 81.5 Å². The minimum atomic E-state index is -0.622. The second kappa shape index (κ2) is 5.99. The Hall–Kier alpha value is -0.600. The summed E-state index contributed by atoms with van der Waals surface area (Å²) in [5.41, 5.74) is 0.201. The van der Waals surface area contributed by atoms with Gasteiger partial charge in [0.25, 0.3) is 0 Å². The number of hydrogen-bond donors (Lipinski definition) is 2. The first-order valence-corrected chi connectivity index (χ1v) is 10.2. The van der Waals surface area contributed by atoms with Crippen LogP contribution in [0.1, 0.15) is 71.1 Å². The van der Waals surface area contributed by atoms with Crippen LogP contribution < -0.4 is 0 Å². The van der Waals surface area contributed by atoms with Crippen molar-refractivity contribution in [3.63, 3.8) is 0 Å². The molecule has 4 aliphatic carbocycles. The normalized spacial score (nSPS) is 48.8. The van der Waals surface area contributed by atoms with Crippen molar-refractivity contribution in [3.05, 3.63) is 24.3 Å². The fourth-order valence-electron chi connectivity index (χ4n) is 6.57. The van der Waals surface area contributed by atoms with Gasteiger partial charge in [-0.25, -0.2) is 0 Å². The summed E-state index contributed by atoms with van der Waals surface area (Å²) in [4.78, 5) is 0. The lowest BCUT2D eigenvalue weighted by Crippen LogP contribution is -2.43. The second-order valence-corrected chi connectivity index (χ2v) is 9.46. The molecule has 0 aromatic rings. The largest absolute Gasteiger partial charge is 0.390 e. The molecule has 0 heterocycles. The van der Waals surface area contributed by atoms with Gasteiger partial charge in [0.15, 0.2) is 0 Å². The molecule has 6 atom stereocenters. The lowest BCUT2D eigenvalue weighted by atomic mass is 9.70. The first-order valence-electron chi connectivity index (χ1n) is 10.2. The summed E-state index contributed by atoms with van der Waals surface area (Å²) in [6.45, 7) is 6.58. The topological polar surface area (TPSA) is 40.5 Å². The molecule has 0 saturated heterocycles. The lowest BCUT2D eigenvalue weighted by Gasteiger charge is -2.39. The molecule has 0 amide bonds. The molecule has 4 rings (SSSR count). The van der Waals surface area contributed by atoms with Gasteiger partial charge in [0, 0.05) is 0 Å². The van der Waals surface area contributed by atoms with Gasteiger partial charge in [0.1, 0.15) is 0 Å². The van der Waals surface area contributed by atoms with Crippen LogP contribution in [-0.2, 0) is 0 Å². The quantitative estimate of drug-likeness (QED) is 0.725. The number of hydrogen-bond acceptors (Lipinski definition) is 2. The Morgan fingerprint density at radius 2 is 1.83 bits per heavy atom. The van der Waals surface area contributed by atoms with Gasteiger partial charge >= 0.3 is 0 Å². The molecule has 4 aliphatic rings. The van der Waals surface area contributed by atoms with E-state index in [-0.39, 0.29) is 11.8 Å². The van der Waals surface area contributed by atoms with Crippen molar-refractivity contribution in [3.8, 4) is 0 Å². The molecule has 2 nitrogen and oxygen atoms in total. The van der Waals surface area contributed by atoms with Gasteiger partial charge in [-0.2, -0.15) is 0 Å². The highest BCUT2D eigenvalue weighted by Gasteiger charge is 2.56. The molecule has 2 N–H and O–H groups in total. The van der Waals surface area contributed by atoms with E-state index in [9.17, 15) is 10.2 Å². The molecule has 0 radical (unpaired) electrons. The molecule has 0 aromatic carbocycles. The maximum atomic E-state index is 11.4. The van der Waals surface area contributed by atoms with E-state index in [1.165, 1.54) is 37.7 Å². The first kappa shape index (κ1) is 16.8. The van der Waals surface area contributed by atoms with E-state index in [4.69, 9.17) is 0 Å². The molecule has 0 aromatic heterocycles. The second-order valence-electron chi connectivity index (χ2n) is 9.46. The standard InChI is InChI=1S/C22H34O2/c1-15(16-7-4-3-5-8-16)18-13-20-19(10-12-21(20,2)23)22(24)11-6-9-17(18)14-22/h6,9,16-20,23-24H,1,3-5,7-8,10-14H2,2H3. The summed E-state index contributed by atoms with van der Waals surface area (Å²) in [7, 11) is 0. The van der Waals surface area contributed by atoms with Gasteiger partial charge in [-0.3, -0.25) is 0 Å². The highest BCUT2D eigenvalue weighted by atomic mass is 16.3. The third-order valence-electron chi connectivity index (χ3n) is 8.01. The monoisotopic (exact) mass is 330 g/mol. The van der Waals surface area contributed by atoms with Crippen molar-refractivity contribution in [1.29, 1.82) is 0 Å². The SMILES string of the molecule is C=C(C1CCCCC1)C1CC2C(CCC2(C)O)C2(O)CC=CC1C2. The van der Waals surface area contributed by atoms with Crippen LogP contribution in [0.15, 0.2) is 24.3 Å². The van der Waals surface area contributed by atoms with E-state index >= 15 is 0 Å². The molecule has 3 fully saturated rings. The van der Waals surface area contributed by atoms with Crippen LogP contribution in [0.3, 0.4) is 0 Å². The van der Waals surface area contributed by atoms with Crippen LogP contribution in [0.25, 0.3) is 0 Å². The summed E-state index contributed by atoms with van der Waals surface area (Å²) >= 11 is 0. The highest BCUT2D eigenvalue weighted by molar-refractivity contribution is 5.20. The van der Waals surface area contributed by atoms with E-state index in [0.29, 0.717) is 17.8 Å². The van der Waals surface area contributed by atoms with E-state index in [1.807, 2.05) is 6.92 Å². The predicted molar refractivity (Wildman–Crippen MR) is 97.5 cm³/mol. The van der Waals surface area contributed by atoms with Gasteiger partial charge < -0.3 is 10.2 Å². The van der Waals surface area contributed by atoms with Gasteiger partial charge in [-0.1, -0.05) is 43.6 Å². The lowest BCUT2D eigenvalue weighted by molar-refractivity contribution is -0.0668. The van der Waals surface area contributed by atoms with Crippen molar-refractivity contribution in [2.75, 3.05) is 0 Å². The van der Waals surface area contributed by atoms with Crippen LogP contribution in [-0.4, -0.2) is 21.4 Å². The fourth-order valence-corrected chi connectivity index (χ4v) is 6.57. The van der Waals surface area contributed by atoms with E-state index in [1.54, 1.807) is 0 Å². The summed E-state index contributed by atoms with van der Waals surface area (Å²) in [5, 5.41) is 22.4. The molecule has 134 valence electrons. The average Bonchev–Trinajstić information content (AvgIpc) is 2.83. The number of allylic oxidation sites excluding steroid dienone is 2. The highest BCUT2D eigenvalue weighted by Crippen LogP contribution is 2.57. The van der Waals surface area contributed by atoms with Gasteiger partial charge in [0.05, 0.1) is 11.2 Å². The Kier molecular flexibility index (Phi) is 4.20. The summed E-state index contributed by atoms with van der Waals surface area (Å²) in [6, 6.07) is 0. The maximum absolute atomic E-state index is 11.4. The fraction of sp³-hybridized carbons (Fsp3) is 0.818. The molecule has 0 aliphatic heterocycles. The van der Waals surface area contributed by atoms with E-state index < -0.39 is 11.2 Å². The molecular weight excluding hydrogens is 296 g/mol. The maximum Gasteiger partial charge on any atom is 0.0719 e. The van der Waals surface area contributed by atoms with E-state index in [0.717, 1.165) is 32.1 Å². The Labute approximate surface area is 147 Å². The minimum Gasteiger partial charge on any atom is -0.390 e. The predicted octanol–water partition coefficient (Wildman–Crippen LogP) is 4.62. The molecule has 6 unspecified atom stereocenters. The molecule has 3 saturated carbocycles. The number of rotatable bonds is 2. The van der Waals surface area contributed by atoms with Crippen molar-refractivity contribution in [2.45, 2.75) is 82.3 Å². The molecule has 2 bridgehead atoms. The summed E-state index contributed by atoms with van der Waals surface area (Å²) in [5.74, 6) is 1.99. The first-order chi connectivity index (χ1) is 11.4. The zero-order valence-corrected chi connectivity index (χ0v) is 15.2. The van der Waals surface area contributed by atoms with Crippen LogP contribution >= 0.6 is 0 Å². The summed E-state index contributed by atoms with van der Waals surface area (Å²) in [6.07, 6.45) is 15.7. The van der Waals surface area contributed by atoms with Crippen LogP contribution in [0.2, 0.25) is 0 Å². The van der Waals surface area contributed by atoms with Crippen molar-refractivity contribution in [1.82, 2.24) is 0 Å². The van der Waals surface area contributed by atoms with E-state index in [2.05, 4.69) is 18.7 Å². The number of fused-ring (bicyclic) bond motifs is 4. The smallest absolute Gasteiger partial charge is 0.0719 e. The Morgan fingerprint density at radius 3 is 2.58 bits per heavy atom. The van der Waals surface area contributed by atoms with Crippen molar-refractivity contribution < 1.29 is 10.2 Å². The molecule has 24 heavy (non-hydrogen) atoms. The third-order valence-corrected chi connectivity index (χ3v) is 8.01. The average molecular weight is 331 g/mol. The number of aliphatic hydroxyl groups is 2. The zero-order valence-electron chi connectivity index (χ0n) is 15.2. The Bertz CT molecular complexity index is 528. The van der Waals surface area contributed by atoms with Crippen LogP contribution in [0.5, 0.6) is 0 Å². The summed E-state index contributed by atoms with van der Waals surface area (Å²) < 4.78 is 0. The Morgan fingerprint density at radius 1 is 1.08 bits per heavy atom. The zero-order chi connectivity index (χ0) is 16.9. The van der Waals surface area contributed by atoms with Crippen molar-refractivity contribution in [2.24, 2.45) is 29.6 Å². The molecule has 0 spiro atoms.